The molecule has 0 bridgehead atoms. The van der Waals surface area contributed by atoms with Crippen LogP contribution in [0.2, 0.25) is 0 Å². The van der Waals surface area contributed by atoms with E-state index in [1.165, 1.54) is 0 Å². The molecule has 0 fully saturated rings. The van der Waals surface area contributed by atoms with Gasteiger partial charge in [-0.3, -0.25) is 0 Å². The molecule has 4 heteroatoms. The molecule has 0 amide bonds. The number of alkyl halides is 1. The minimum Gasteiger partial charge on any atom is -0.368 e. The smallest absolute Gasteiger partial charge is 0.159 e. The lowest BCUT2D eigenvalue weighted by atomic mass is 10.1. The Labute approximate surface area is 102 Å². The average molecular weight is 243 g/mol. The Balaban J connectivity index is 3.05. The van der Waals surface area contributed by atoms with Gasteiger partial charge in [-0.05, 0) is 34.6 Å². The van der Waals surface area contributed by atoms with Gasteiger partial charge >= 0.3 is 0 Å². The molecule has 0 aromatic carbocycles. The minimum absolute atomic E-state index is 0.0655. The Kier molecular flexibility index (Phi) is 4.28. The van der Waals surface area contributed by atoms with Gasteiger partial charge in [-0.25, -0.2) is 9.97 Å². The quantitative estimate of drug-likeness (QED) is 0.760. The summed E-state index contributed by atoms with van der Waals surface area (Å²) < 4.78 is 5.61. The van der Waals surface area contributed by atoms with Crippen LogP contribution in [0.5, 0.6) is 0 Å². The molecule has 1 rings (SSSR count). The van der Waals surface area contributed by atoms with Crippen LogP contribution in [0.3, 0.4) is 0 Å². The number of hydrogen-bond acceptors (Lipinski definition) is 3. The monoisotopic (exact) mass is 242 g/mol. The molecule has 0 aliphatic carbocycles. The molecule has 0 saturated heterocycles. The maximum atomic E-state index is 6.02. The van der Waals surface area contributed by atoms with E-state index in [0.717, 1.165) is 11.3 Å². The molecule has 0 radical (unpaired) electrons. The van der Waals surface area contributed by atoms with E-state index in [9.17, 15) is 0 Å². The van der Waals surface area contributed by atoms with Gasteiger partial charge in [-0.2, -0.15) is 0 Å². The Morgan fingerprint density at radius 3 is 2.56 bits per heavy atom. The third-order valence-corrected chi connectivity index (χ3v) is 2.72. The van der Waals surface area contributed by atoms with Crippen molar-refractivity contribution < 1.29 is 4.74 Å². The van der Waals surface area contributed by atoms with E-state index in [0.29, 0.717) is 12.4 Å². The second-order valence-electron chi connectivity index (χ2n) is 4.29. The second kappa shape index (κ2) is 5.11. The number of rotatable bonds is 4. The fourth-order valence-electron chi connectivity index (χ4n) is 1.58. The van der Waals surface area contributed by atoms with Crippen molar-refractivity contribution in [1.82, 2.24) is 9.97 Å². The summed E-state index contributed by atoms with van der Waals surface area (Å²) in [5.74, 6) is 0.702. The number of ether oxygens (including phenoxy) is 1. The number of aromatic nitrogens is 2. The molecule has 0 saturated carbocycles. The van der Waals surface area contributed by atoms with E-state index >= 15 is 0 Å². The lowest BCUT2D eigenvalue weighted by Gasteiger charge is -2.23. The van der Waals surface area contributed by atoms with Gasteiger partial charge in [0.2, 0.25) is 0 Å². The van der Waals surface area contributed by atoms with Crippen LogP contribution in [0.1, 0.15) is 50.2 Å². The molecule has 1 heterocycles. The van der Waals surface area contributed by atoms with Gasteiger partial charge < -0.3 is 4.74 Å². The largest absolute Gasteiger partial charge is 0.368 e. The predicted molar refractivity (Wildman–Crippen MR) is 65.7 cm³/mol. The summed E-state index contributed by atoms with van der Waals surface area (Å²) in [5, 5.41) is -0.0655. The molecule has 0 aliphatic heterocycles. The Hall–Kier alpha value is -0.670. The van der Waals surface area contributed by atoms with Gasteiger partial charge in [0, 0.05) is 24.1 Å². The molecular weight excluding hydrogens is 224 g/mol. The first-order valence-corrected chi connectivity index (χ1v) is 5.94. The normalized spacial score (nSPS) is 13.9. The molecule has 3 nitrogen and oxygen atoms in total. The molecule has 1 aromatic heterocycles. The highest BCUT2D eigenvalue weighted by Crippen LogP contribution is 2.25. The fraction of sp³-hybridized carbons (Fsp3) is 0.667. The van der Waals surface area contributed by atoms with Crippen molar-refractivity contribution >= 4 is 11.6 Å². The average Bonchev–Trinajstić information content (AvgIpc) is 2.16. The first-order valence-electron chi connectivity index (χ1n) is 5.50. The minimum atomic E-state index is -0.451. The maximum absolute atomic E-state index is 6.02. The van der Waals surface area contributed by atoms with Crippen molar-refractivity contribution in [3.8, 4) is 0 Å². The SMILES string of the molecule is CCOC(C)(C)c1ncc(C(C)Cl)c(C)n1. The second-order valence-corrected chi connectivity index (χ2v) is 4.95. The standard InChI is InChI=1S/C12H19ClN2O/c1-6-16-12(4,5)11-14-7-10(8(2)13)9(3)15-11/h7-8H,6H2,1-5H3. The molecule has 1 unspecified atom stereocenters. The molecule has 16 heavy (non-hydrogen) atoms. The zero-order valence-corrected chi connectivity index (χ0v) is 11.3. The van der Waals surface area contributed by atoms with Crippen LogP contribution in [0.4, 0.5) is 0 Å². The predicted octanol–water partition coefficient (Wildman–Crippen LogP) is 3.36. The topological polar surface area (TPSA) is 35.0 Å². The van der Waals surface area contributed by atoms with E-state index in [2.05, 4.69) is 9.97 Å². The first-order chi connectivity index (χ1) is 7.38. The van der Waals surface area contributed by atoms with Gasteiger partial charge in [-0.15, -0.1) is 11.6 Å². The van der Waals surface area contributed by atoms with Gasteiger partial charge in [0.25, 0.3) is 0 Å². The van der Waals surface area contributed by atoms with E-state index in [4.69, 9.17) is 16.3 Å². The van der Waals surface area contributed by atoms with E-state index in [1.807, 2.05) is 34.6 Å². The van der Waals surface area contributed by atoms with Crippen LogP contribution in [0.15, 0.2) is 6.20 Å². The molecular formula is C12H19ClN2O. The Morgan fingerprint density at radius 2 is 2.12 bits per heavy atom. The lowest BCUT2D eigenvalue weighted by molar-refractivity contribution is -0.0209. The van der Waals surface area contributed by atoms with Crippen LogP contribution in [0.25, 0.3) is 0 Å². The van der Waals surface area contributed by atoms with Crippen molar-refractivity contribution in [2.24, 2.45) is 0 Å². The lowest BCUT2D eigenvalue weighted by Crippen LogP contribution is -2.25. The number of halogens is 1. The number of nitrogens with zero attached hydrogens (tertiary/aromatic N) is 2. The third-order valence-electron chi connectivity index (χ3n) is 2.49. The molecule has 1 atom stereocenters. The summed E-state index contributed by atoms with van der Waals surface area (Å²) in [5.41, 5.74) is 1.44. The number of aryl methyl sites for hydroxylation is 1. The summed E-state index contributed by atoms with van der Waals surface area (Å²) in [6.07, 6.45) is 1.79. The summed E-state index contributed by atoms with van der Waals surface area (Å²) in [6, 6.07) is 0. The van der Waals surface area contributed by atoms with Crippen LogP contribution in [-0.2, 0) is 10.3 Å². The van der Waals surface area contributed by atoms with Crippen LogP contribution in [0, 0.1) is 6.92 Å². The zero-order chi connectivity index (χ0) is 12.3. The Bertz CT molecular complexity index is 364. The highest BCUT2D eigenvalue weighted by atomic mass is 35.5. The van der Waals surface area contributed by atoms with Gasteiger partial charge in [-0.1, -0.05) is 0 Å². The maximum Gasteiger partial charge on any atom is 0.159 e. The van der Waals surface area contributed by atoms with E-state index in [-0.39, 0.29) is 5.38 Å². The summed E-state index contributed by atoms with van der Waals surface area (Å²) >= 11 is 6.02. The van der Waals surface area contributed by atoms with Crippen molar-refractivity contribution in [2.45, 2.75) is 45.6 Å². The summed E-state index contributed by atoms with van der Waals surface area (Å²) in [4.78, 5) is 8.79. The fourth-order valence-corrected chi connectivity index (χ4v) is 1.80. The molecule has 1 aromatic rings. The summed E-state index contributed by atoms with van der Waals surface area (Å²) in [6.45, 7) is 10.4. The van der Waals surface area contributed by atoms with Gasteiger partial charge in [0.15, 0.2) is 5.82 Å². The van der Waals surface area contributed by atoms with E-state index in [1.54, 1.807) is 6.20 Å². The van der Waals surface area contributed by atoms with Crippen molar-refractivity contribution in [2.75, 3.05) is 6.61 Å². The number of hydrogen-bond donors (Lipinski definition) is 0. The molecule has 0 aliphatic rings. The van der Waals surface area contributed by atoms with Gasteiger partial charge in [0.05, 0.1) is 5.38 Å². The molecule has 90 valence electrons. The van der Waals surface area contributed by atoms with Crippen molar-refractivity contribution in [3.63, 3.8) is 0 Å². The first kappa shape index (κ1) is 13.4. The van der Waals surface area contributed by atoms with Crippen LogP contribution < -0.4 is 0 Å². The van der Waals surface area contributed by atoms with Crippen LogP contribution >= 0.6 is 11.6 Å². The molecule has 0 N–H and O–H groups in total. The van der Waals surface area contributed by atoms with Crippen LogP contribution in [-0.4, -0.2) is 16.6 Å². The highest BCUT2D eigenvalue weighted by Gasteiger charge is 2.24. The Morgan fingerprint density at radius 1 is 1.50 bits per heavy atom. The summed E-state index contributed by atoms with van der Waals surface area (Å²) in [7, 11) is 0. The highest BCUT2D eigenvalue weighted by molar-refractivity contribution is 6.20. The zero-order valence-electron chi connectivity index (χ0n) is 10.5. The molecule has 0 spiro atoms. The van der Waals surface area contributed by atoms with Gasteiger partial charge in [0.1, 0.15) is 5.60 Å². The van der Waals surface area contributed by atoms with Crippen molar-refractivity contribution in [1.29, 1.82) is 0 Å². The van der Waals surface area contributed by atoms with Crippen molar-refractivity contribution in [3.05, 3.63) is 23.3 Å². The third kappa shape index (κ3) is 2.92. The van der Waals surface area contributed by atoms with E-state index < -0.39 is 5.60 Å².